The summed E-state index contributed by atoms with van der Waals surface area (Å²) < 4.78 is 16.9. The number of unbranched alkanes of at least 4 members (excludes halogenated alkanes) is 34. The van der Waals surface area contributed by atoms with Gasteiger partial charge in [-0.15, -0.1) is 0 Å². The van der Waals surface area contributed by atoms with Gasteiger partial charge in [-0.25, -0.2) is 0 Å². The highest BCUT2D eigenvalue weighted by Gasteiger charge is 2.19. The normalized spacial score (nSPS) is 13.0. The molecule has 6 nitrogen and oxygen atoms in total. The minimum atomic E-state index is -0.764. The van der Waals surface area contributed by atoms with Gasteiger partial charge in [0.1, 0.15) is 13.2 Å². The van der Waals surface area contributed by atoms with Gasteiger partial charge in [0.05, 0.1) is 0 Å². The Hall–Kier alpha value is -1.59. The molecule has 0 saturated heterocycles. The Kier molecular flexibility index (Phi) is 50.0. The Morgan fingerprint density at radius 3 is 0.788 bits per heavy atom. The molecule has 0 aliphatic carbocycles. The maximum Gasteiger partial charge on any atom is 0.306 e. The predicted molar refractivity (Wildman–Crippen MR) is 284 cm³/mol. The van der Waals surface area contributed by atoms with Crippen molar-refractivity contribution in [2.24, 2.45) is 17.8 Å². The summed E-state index contributed by atoms with van der Waals surface area (Å²) in [7, 11) is 0. The molecule has 392 valence electrons. The summed E-state index contributed by atoms with van der Waals surface area (Å²) in [6, 6.07) is 0. The van der Waals surface area contributed by atoms with Crippen LogP contribution in [0.25, 0.3) is 0 Å². The van der Waals surface area contributed by atoms with Crippen molar-refractivity contribution in [2.45, 2.75) is 337 Å². The number of ether oxygens (including phenoxy) is 3. The van der Waals surface area contributed by atoms with E-state index in [1.807, 2.05) is 0 Å². The first-order chi connectivity index (χ1) is 32.2. The fraction of sp³-hybridized carbons (Fsp3) is 0.950. The number of carbonyl (C=O) groups excluding carboxylic acids is 3. The van der Waals surface area contributed by atoms with Crippen molar-refractivity contribution in [2.75, 3.05) is 13.2 Å². The van der Waals surface area contributed by atoms with Crippen LogP contribution in [0, 0.1) is 17.8 Å². The average Bonchev–Trinajstić information content (AvgIpc) is 3.30. The largest absolute Gasteiger partial charge is 0.462 e. The SMILES string of the molecule is CCC(C)CCCCCCCCCCCCCCCCCCCCC(=O)OC[C@H](COC(=O)CCCCCCCCCCCC(C)C)OC(=O)CCCCCCCCCCCCC(C)CC. The molecule has 0 aromatic heterocycles. The molecule has 0 N–H and O–H groups in total. The molecule has 6 heteroatoms. The standard InChI is InChI=1S/C60H116O6/c1-7-55(5)47-41-35-29-23-17-15-13-11-9-10-12-14-16-18-25-31-37-43-49-58(61)64-52-57(53-65-59(62)50-44-38-32-27-21-22-28-34-40-46-54(3)4)66-60(63)51-45-39-33-26-20-19-24-30-36-42-48-56(6)8-2/h54-57H,7-53H2,1-6H3/t55?,56?,57-/m1/s1. The van der Waals surface area contributed by atoms with E-state index < -0.39 is 6.10 Å². The quantitative estimate of drug-likeness (QED) is 0.0343. The minimum Gasteiger partial charge on any atom is -0.462 e. The maximum absolute atomic E-state index is 12.8. The summed E-state index contributed by atoms with van der Waals surface area (Å²) >= 11 is 0. The van der Waals surface area contributed by atoms with Gasteiger partial charge in [-0.2, -0.15) is 0 Å². The molecule has 2 unspecified atom stereocenters. The zero-order valence-electron chi connectivity index (χ0n) is 45.5. The van der Waals surface area contributed by atoms with E-state index in [1.165, 1.54) is 212 Å². The van der Waals surface area contributed by atoms with E-state index in [9.17, 15) is 14.4 Å². The summed E-state index contributed by atoms with van der Waals surface area (Å²) in [6.07, 6.45) is 53.8. The van der Waals surface area contributed by atoms with E-state index in [2.05, 4.69) is 41.5 Å². The third-order valence-corrected chi connectivity index (χ3v) is 14.4. The molecule has 0 spiro atoms. The van der Waals surface area contributed by atoms with Crippen molar-refractivity contribution in [1.29, 1.82) is 0 Å². The van der Waals surface area contributed by atoms with Crippen LogP contribution in [0.4, 0.5) is 0 Å². The maximum atomic E-state index is 12.8. The highest BCUT2D eigenvalue weighted by Crippen LogP contribution is 2.19. The summed E-state index contributed by atoms with van der Waals surface area (Å²) in [5, 5.41) is 0. The Bertz CT molecular complexity index is 1030. The molecular weight excluding hydrogens is 817 g/mol. The Morgan fingerprint density at radius 2 is 0.530 bits per heavy atom. The topological polar surface area (TPSA) is 78.9 Å². The van der Waals surface area contributed by atoms with E-state index in [1.54, 1.807) is 0 Å². The number of hydrogen-bond acceptors (Lipinski definition) is 6. The van der Waals surface area contributed by atoms with Gasteiger partial charge in [-0.05, 0) is 37.0 Å². The zero-order valence-corrected chi connectivity index (χ0v) is 45.5. The average molecular weight is 934 g/mol. The molecule has 0 aromatic carbocycles. The van der Waals surface area contributed by atoms with E-state index in [-0.39, 0.29) is 31.1 Å². The molecule has 66 heavy (non-hydrogen) atoms. The monoisotopic (exact) mass is 933 g/mol. The second-order valence-corrected chi connectivity index (χ2v) is 21.6. The van der Waals surface area contributed by atoms with Crippen LogP contribution < -0.4 is 0 Å². The lowest BCUT2D eigenvalue weighted by Gasteiger charge is -2.18. The van der Waals surface area contributed by atoms with Gasteiger partial charge >= 0.3 is 17.9 Å². The Morgan fingerprint density at radius 1 is 0.303 bits per heavy atom. The Labute approximate surface area is 412 Å². The van der Waals surface area contributed by atoms with Gasteiger partial charge in [-0.3, -0.25) is 14.4 Å². The van der Waals surface area contributed by atoms with Crippen molar-refractivity contribution in [3.8, 4) is 0 Å². The fourth-order valence-corrected chi connectivity index (χ4v) is 9.11. The molecule has 0 amide bonds. The summed E-state index contributed by atoms with van der Waals surface area (Å²) in [4.78, 5) is 38.1. The summed E-state index contributed by atoms with van der Waals surface area (Å²) in [5.74, 6) is 1.74. The highest BCUT2D eigenvalue weighted by molar-refractivity contribution is 5.71. The molecule has 0 aliphatic heterocycles. The van der Waals surface area contributed by atoms with E-state index in [4.69, 9.17) is 14.2 Å². The van der Waals surface area contributed by atoms with Crippen LogP contribution in [0.2, 0.25) is 0 Å². The first kappa shape index (κ1) is 64.4. The minimum absolute atomic E-state index is 0.0638. The first-order valence-electron chi connectivity index (χ1n) is 29.7. The van der Waals surface area contributed by atoms with Crippen molar-refractivity contribution < 1.29 is 28.6 Å². The molecule has 0 radical (unpaired) electrons. The van der Waals surface area contributed by atoms with Gasteiger partial charge in [0.2, 0.25) is 0 Å². The summed E-state index contributed by atoms with van der Waals surface area (Å²) in [5.41, 5.74) is 0. The fourth-order valence-electron chi connectivity index (χ4n) is 9.11. The van der Waals surface area contributed by atoms with Crippen molar-refractivity contribution in [3.05, 3.63) is 0 Å². The third-order valence-electron chi connectivity index (χ3n) is 14.4. The highest BCUT2D eigenvalue weighted by atomic mass is 16.6. The lowest BCUT2D eigenvalue weighted by Crippen LogP contribution is -2.30. The zero-order chi connectivity index (χ0) is 48.4. The number of rotatable bonds is 53. The first-order valence-corrected chi connectivity index (χ1v) is 29.7. The smallest absolute Gasteiger partial charge is 0.306 e. The second-order valence-electron chi connectivity index (χ2n) is 21.6. The molecule has 0 rings (SSSR count). The second kappa shape index (κ2) is 51.3. The number of carbonyl (C=O) groups is 3. The van der Waals surface area contributed by atoms with Crippen LogP contribution in [0.5, 0.6) is 0 Å². The van der Waals surface area contributed by atoms with E-state index in [0.29, 0.717) is 19.3 Å². The van der Waals surface area contributed by atoms with Gasteiger partial charge in [0.15, 0.2) is 6.10 Å². The molecule has 0 saturated carbocycles. The third kappa shape index (κ3) is 50.3. The molecule has 0 aliphatic rings. The molecule has 0 heterocycles. The number of esters is 3. The van der Waals surface area contributed by atoms with Crippen LogP contribution in [0.3, 0.4) is 0 Å². The van der Waals surface area contributed by atoms with Gasteiger partial charge in [-0.1, -0.05) is 292 Å². The van der Waals surface area contributed by atoms with Crippen molar-refractivity contribution in [3.63, 3.8) is 0 Å². The summed E-state index contributed by atoms with van der Waals surface area (Å²) in [6.45, 7) is 13.8. The van der Waals surface area contributed by atoms with E-state index in [0.717, 1.165) is 75.5 Å². The van der Waals surface area contributed by atoms with Crippen molar-refractivity contribution >= 4 is 17.9 Å². The van der Waals surface area contributed by atoms with Crippen LogP contribution in [0.15, 0.2) is 0 Å². The molecule has 0 aromatic rings. The molecule has 0 bridgehead atoms. The van der Waals surface area contributed by atoms with Crippen LogP contribution in [-0.2, 0) is 28.6 Å². The molecular formula is C60H116O6. The van der Waals surface area contributed by atoms with Gasteiger partial charge in [0, 0.05) is 19.3 Å². The predicted octanol–water partition coefficient (Wildman–Crippen LogP) is 19.5. The lowest BCUT2D eigenvalue weighted by molar-refractivity contribution is -0.167. The molecule has 0 fully saturated rings. The van der Waals surface area contributed by atoms with Crippen LogP contribution in [-0.4, -0.2) is 37.2 Å². The van der Waals surface area contributed by atoms with E-state index >= 15 is 0 Å². The number of hydrogen-bond donors (Lipinski definition) is 0. The van der Waals surface area contributed by atoms with Crippen molar-refractivity contribution in [1.82, 2.24) is 0 Å². The van der Waals surface area contributed by atoms with Crippen LogP contribution >= 0.6 is 0 Å². The van der Waals surface area contributed by atoms with Crippen LogP contribution in [0.1, 0.15) is 330 Å². The van der Waals surface area contributed by atoms with Gasteiger partial charge in [0.25, 0.3) is 0 Å². The lowest BCUT2D eigenvalue weighted by atomic mass is 9.99. The Balaban J connectivity index is 4.23. The van der Waals surface area contributed by atoms with Gasteiger partial charge < -0.3 is 14.2 Å². The molecule has 3 atom stereocenters.